The molecule has 11 heteroatoms. The number of benzene rings is 3. The van der Waals surface area contributed by atoms with Gasteiger partial charge in [-0.05, 0) is 63.4 Å². The predicted molar refractivity (Wildman–Crippen MR) is 173 cm³/mol. The smallest absolute Gasteiger partial charge is 0.337 e. The highest BCUT2D eigenvalue weighted by Gasteiger charge is 2.47. The molecular weight excluding hydrogens is 613 g/mol. The molecule has 0 radical (unpaired) electrons. The molecule has 0 spiro atoms. The third-order valence-corrected chi connectivity index (χ3v) is 10.4. The zero-order chi connectivity index (χ0) is 32.5. The Bertz CT molecular complexity index is 1710. The Morgan fingerprint density at radius 2 is 1.83 bits per heavy atom. The molecule has 4 aliphatic rings. The molecule has 3 unspecified atom stereocenters. The van der Waals surface area contributed by atoms with Crippen LogP contribution in [0.5, 0.6) is 5.75 Å². The molecule has 46 heavy (non-hydrogen) atoms. The normalized spacial score (nSPS) is 23.1. The summed E-state index contributed by atoms with van der Waals surface area (Å²) in [6, 6.07) is 12.0. The van der Waals surface area contributed by atoms with Crippen LogP contribution in [0.25, 0.3) is 11.1 Å². The quantitative estimate of drug-likeness (QED) is 0.341. The van der Waals surface area contributed by atoms with Crippen molar-refractivity contribution in [2.45, 2.75) is 63.9 Å². The number of anilines is 2. The number of aryl methyl sites for hydroxylation is 1. The molecule has 3 fully saturated rings. The number of hydrogen-bond acceptors (Lipinski definition) is 7. The van der Waals surface area contributed by atoms with Gasteiger partial charge in [0.25, 0.3) is 5.91 Å². The lowest BCUT2D eigenvalue weighted by atomic mass is 9.84. The number of methoxy groups -OCH3 is 1. The fourth-order valence-corrected chi connectivity index (χ4v) is 7.93. The van der Waals surface area contributed by atoms with E-state index in [1.165, 1.54) is 0 Å². The van der Waals surface area contributed by atoms with Crippen LogP contribution in [0, 0.1) is 12.7 Å². The molecule has 4 heterocycles. The van der Waals surface area contributed by atoms with Crippen molar-refractivity contribution < 1.29 is 33.3 Å². The van der Waals surface area contributed by atoms with E-state index in [9.17, 15) is 14.7 Å². The molecular formula is C35H37ClFN3O6. The van der Waals surface area contributed by atoms with Gasteiger partial charge >= 0.3 is 5.97 Å². The Kier molecular flexibility index (Phi) is 7.65. The van der Waals surface area contributed by atoms with Gasteiger partial charge in [-0.15, -0.1) is 0 Å². The number of halogens is 2. The molecule has 2 bridgehead atoms. The number of carbonyl (C=O) groups is 2. The highest BCUT2D eigenvalue weighted by Crippen LogP contribution is 2.44. The van der Waals surface area contributed by atoms with Gasteiger partial charge in [0.05, 0.1) is 65.3 Å². The summed E-state index contributed by atoms with van der Waals surface area (Å²) in [4.78, 5) is 31.9. The number of hydrogen-bond donors (Lipinski definition) is 1. The first-order chi connectivity index (χ1) is 22.0. The molecule has 0 aromatic heterocycles. The first kappa shape index (κ1) is 30.8. The molecule has 7 rings (SSSR count). The van der Waals surface area contributed by atoms with E-state index in [0.29, 0.717) is 46.4 Å². The fraction of sp³-hybridized carbons (Fsp3) is 0.429. The second kappa shape index (κ2) is 11.4. The van der Waals surface area contributed by atoms with Gasteiger partial charge < -0.3 is 34.0 Å². The number of fused-ring (bicyclic) bond motifs is 3. The van der Waals surface area contributed by atoms with Crippen molar-refractivity contribution in [3.8, 4) is 16.9 Å². The first-order valence-corrected chi connectivity index (χ1v) is 15.9. The Balaban J connectivity index is 1.18. The number of amides is 1. The molecule has 3 atom stereocenters. The second-order valence-electron chi connectivity index (χ2n) is 13.2. The lowest BCUT2D eigenvalue weighted by Crippen LogP contribution is -2.68. The topological polar surface area (TPSA) is 91.8 Å². The summed E-state index contributed by atoms with van der Waals surface area (Å²) in [6.07, 6.45) is 1.88. The molecule has 3 aromatic carbocycles. The van der Waals surface area contributed by atoms with E-state index in [4.69, 9.17) is 25.8 Å². The van der Waals surface area contributed by atoms with Gasteiger partial charge in [-0.2, -0.15) is 0 Å². The van der Waals surface area contributed by atoms with E-state index in [0.717, 1.165) is 36.7 Å². The molecule has 1 N–H and O–H groups in total. The van der Waals surface area contributed by atoms with Gasteiger partial charge in [0, 0.05) is 36.0 Å². The SMILES string of the molecule is COC1CN(c2cc(C)c(C(=O)N3COc4c(cccc4-c4cc(N5C6CCC5COC6)c(C(=O)O)cc4F)C3)c(Cl)c2)C1(C)C. The first-order valence-electron chi connectivity index (χ1n) is 15.6. The van der Waals surface area contributed by atoms with Crippen molar-refractivity contribution in [3.05, 3.63) is 75.6 Å². The Morgan fingerprint density at radius 1 is 1.09 bits per heavy atom. The summed E-state index contributed by atoms with van der Waals surface area (Å²) in [7, 11) is 1.71. The molecule has 0 aliphatic carbocycles. The van der Waals surface area contributed by atoms with Crippen LogP contribution in [0.1, 0.15) is 58.5 Å². The number of para-hydroxylation sites is 1. The fourth-order valence-electron chi connectivity index (χ4n) is 7.59. The molecule has 4 aliphatic heterocycles. The Labute approximate surface area is 272 Å². The number of nitrogens with zero attached hydrogens (tertiary/aromatic N) is 3. The summed E-state index contributed by atoms with van der Waals surface area (Å²) in [6.45, 7) is 8.04. The monoisotopic (exact) mass is 649 g/mol. The lowest BCUT2D eigenvalue weighted by Gasteiger charge is -2.55. The molecule has 1 amide bonds. The van der Waals surface area contributed by atoms with Gasteiger partial charge in [-0.25, -0.2) is 9.18 Å². The van der Waals surface area contributed by atoms with Crippen LogP contribution >= 0.6 is 11.6 Å². The van der Waals surface area contributed by atoms with E-state index in [1.54, 1.807) is 30.2 Å². The summed E-state index contributed by atoms with van der Waals surface area (Å²) in [5.74, 6) is -1.62. The maximum Gasteiger partial charge on any atom is 0.337 e. The summed E-state index contributed by atoms with van der Waals surface area (Å²) >= 11 is 6.76. The van der Waals surface area contributed by atoms with Crippen molar-refractivity contribution in [2.24, 2.45) is 0 Å². The van der Waals surface area contributed by atoms with E-state index >= 15 is 4.39 Å². The van der Waals surface area contributed by atoms with Crippen LogP contribution in [0.15, 0.2) is 42.5 Å². The standard InChI is InChI=1S/C35H37ClFN3O6/c1-19-10-23(39-15-30(44-4)35(39,2)3)11-27(36)31(19)33(41)38-14-20-6-5-7-24(32(20)46-18-38)25-13-29(26(34(42)43)12-28(25)37)40-21-8-9-22(40)17-45-16-21/h5-7,10-13,21-22,30H,8-9,14-18H2,1-4H3,(H,42,43). The number of carbonyl (C=O) groups excluding carboxylic acids is 1. The van der Waals surface area contributed by atoms with Crippen molar-refractivity contribution in [1.82, 2.24) is 4.90 Å². The van der Waals surface area contributed by atoms with Gasteiger partial charge in [-0.3, -0.25) is 4.79 Å². The highest BCUT2D eigenvalue weighted by molar-refractivity contribution is 6.34. The van der Waals surface area contributed by atoms with Crippen molar-refractivity contribution >= 4 is 34.9 Å². The van der Waals surface area contributed by atoms with Gasteiger partial charge in [0.1, 0.15) is 11.6 Å². The molecule has 9 nitrogen and oxygen atoms in total. The van der Waals surface area contributed by atoms with Crippen molar-refractivity contribution in [3.63, 3.8) is 0 Å². The average Bonchev–Trinajstić information content (AvgIpc) is 3.26. The predicted octanol–water partition coefficient (Wildman–Crippen LogP) is 6.13. The zero-order valence-electron chi connectivity index (χ0n) is 26.3. The van der Waals surface area contributed by atoms with Gasteiger partial charge in [0.2, 0.25) is 0 Å². The third kappa shape index (κ3) is 4.89. The molecule has 3 aromatic rings. The van der Waals surface area contributed by atoms with Crippen molar-refractivity contribution in [1.29, 1.82) is 0 Å². The Morgan fingerprint density at radius 3 is 2.48 bits per heavy atom. The van der Waals surface area contributed by atoms with Crippen LogP contribution in [0.4, 0.5) is 15.8 Å². The van der Waals surface area contributed by atoms with Crippen LogP contribution in [-0.4, -0.2) is 79.2 Å². The number of rotatable bonds is 6. The average molecular weight is 650 g/mol. The third-order valence-electron chi connectivity index (χ3n) is 10.1. The van der Waals surface area contributed by atoms with E-state index in [-0.39, 0.29) is 54.0 Å². The number of carboxylic acids is 1. The van der Waals surface area contributed by atoms with Gasteiger partial charge in [-0.1, -0.05) is 29.8 Å². The van der Waals surface area contributed by atoms with E-state index in [2.05, 4.69) is 23.6 Å². The number of aromatic carboxylic acids is 1. The van der Waals surface area contributed by atoms with Crippen LogP contribution < -0.4 is 14.5 Å². The van der Waals surface area contributed by atoms with Crippen LogP contribution in [0.2, 0.25) is 5.02 Å². The number of ether oxygens (including phenoxy) is 3. The van der Waals surface area contributed by atoms with Crippen LogP contribution in [-0.2, 0) is 16.0 Å². The summed E-state index contributed by atoms with van der Waals surface area (Å²) in [5.41, 5.74) is 3.79. The lowest BCUT2D eigenvalue weighted by molar-refractivity contribution is 0.000657. The molecule has 242 valence electrons. The van der Waals surface area contributed by atoms with E-state index < -0.39 is 11.8 Å². The highest BCUT2D eigenvalue weighted by atomic mass is 35.5. The van der Waals surface area contributed by atoms with Crippen LogP contribution in [0.3, 0.4) is 0 Å². The minimum absolute atomic E-state index is 0.0414. The second-order valence-corrected chi connectivity index (χ2v) is 13.6. The van der Waals surface area contributed by atoms with E-state index in [1.807, 2.05) is 25.1 Å². The molecule has 3 saturated heterocycles. The van der Waals surface area contributed by atoms with Gasteiger partial charge in [0.15, 0.2) is 6.73 Å². The van der Waals surface area contributed by atoms with Crippen molar-refractivity contribution in [2.75, 3.05) is 43.4 Å². The number of morpholine rings is 1. The maximum absolute atomic E-state index is 15.7. The zero-order valence-corrected chi connectivity index (χ0v) is 27.1. The minimum atomic E-state index is -1.18. The largest absolute Gasteiger partial charge is 0.478 e. The molecule has 0 saturated carbocycles. The minimum Gasteiger partial charge on any atom is -0.478 e. The summed E-state index contributed by atoms with van der Waals surface area (Å²) in [5, 5.41) is 10.3. The maximum atomic E-state index is 15.7. The number of carboxylic acid groups (broad SMARTS) is 1. The summed E-state index contributed by atoms with van der Waals surface area (Å²) < 4.78 is 33.2. The Hall–Kier alpha value is -3.86.